The van der Waals surface area contributed by atoms with E-state index in [1.54, 1.807) is 0 Å². The molecular formula is C18H23Cl2N3O4. The number of hydrogen-bond donors (Lipinski definition) is 1. The van der Waals surface area contributed by atoms with Crippen LogP contribution in [-0.4, -0.2) is 55.2 Å². The lowest BCUT2D eigenvalue weighted by Gasteiger charge is -2.31. The summed E-state index contributed by atoms with van der Waals surface area (Å²) in [7, 11) is 1.96. The Morgan fingerprint density at radius 1 is 1.15 bits per heavy atom. The van der Waals surface area contributed by atoms with Crippen molar-refractivity contribution in [3.63, 3.8) is 0 Å². The summed E-state index contributed by atoms with van der Waals surface area (Å²) in [5.41, 5.74) is 1.11. The van der Waals surface area contributed by atoms with Crippen LogP contribution < -0.4 is 14.8 Å². The van der Waals surface area contributed by atoms with Gasteiger partial charge in [0.1, 0.15) is 13.2 Å². The van der Waals surface area contributed by atoms with Gasteiger partial charge < -0.3 is 24.1 Å². The highest BCUT2D eigenvalue weighted by molar-refractivity contribution is 5.97. The zero-order chi connectivity index (χ0) is 17.2. The molecule has 1 amide bonds. The molecule has 0 spiro atoms. The molecule has 2 aliphatic rings. The van der Waals surface area contributed by atoms with Crippen molar-refractivity contribution < 1.29 is 18.7 Å². The SMILES string of the molecule is CNC1CCN(C(=O)c2ncoc2-c2ccc3c(c2)OCCO3)CC1.Cl.Cl. The third-order valence-corrected chi connectivity index (χ3v) is 4.76. The summed E-state index contributed by atoms with van der Waals surface area (Å²) in [4.78, 5) is 18.9. The highest BCUT2D eigenvalue weighted by atomic mass is 35.5. The molecule has 0 aliphatic carbocycles. The van der Waals surface area contributed by atoms with Crippen LogP contribution in [0.3, 0.4) is 0 Å². The number of fused-ring (bicyclic) bond motifs is 1. The maximum atomic E-state index is 12.9. The number of nitrogens with zero attached hydrogens (tertiary/aromatic N) is 2. The van der Waals surface area contributed by atoms with Gasteiger partial charge in [0.15, 0.2) is 29.3 Å². The van der Waals surface area contributed by atoms with Crippen LogP contribution in [0.4, 0.5) is 0 Å². The molecule has 1 aromatic carbocycles. The van der Waals surface area contributed by atoms with E-state index < -0.39 is 0 Å². The summed E-state index contributed by atoms with van der Waals surface area (Å²) in [6, 6.07) is 5.99. The van der Waals surface area contributed by atoms with Crippen LogP contribution in [0, 0.1) is 0 Å². The molecule has 0 unspecified atom stereocenters. The van der Waals surface area contributed by atoms with Crippen LogP contribution in [0.25, 0.3) is 11.3 Å². The fraction of sp³-hybridized carbons (Fsp3) is 0.444. The third kappa shape index (κ3) is 4.31. The fourth-order valence-corrected chi connectivity index (χ4v) is 3.31. The maximum Gasteiger partial charge on any atom is 0.276 e. The summed E-state index contributed by atoms with van der Waals surface area (Å²) in [6.45, 7) is 2.50. The molecule has 27 heavy (non-hydrogen) atoms. The first-order valence-corrected chi connectivity index (χ1v) is 8.56. The molecule has 1 saturated heterocycles. The van der Waals surface area contributed by atoms with Crippen molar-refractivity contribution in [2.24, 2.45) is 0 Å². The lowest BCUT2D eigenvalue weighted by atomic mass is 10.0. The fourth-order valence-electron chi connectivity index (χ4n) is 3.31. The normalized spacial score (nSPS) is 16.3. The number of oxazole rings is 1. The van der Waals surface area contributed by atoms with E-state index in [2.05, 4.69) is 10.3 Å². The van der Waals surface area contributed by atoms with Gasteiger partial charge in [-0.05, 0) is 38.1 Å². The Morgan fingerprint density at radius 3 is 2.56 bits per heavy atom. The van der Waals surface area contributed by atoms with Crippen molar-refractivity contribution in [3.8, 4) is 22.8 Å². The quantitative estimate of drug-likeness (QED) is 0.830. The summed E-state index contributed by atoms with van der Waals surface area (Å²) < 4.78 is 16.7. The highest BCUT2D eigenvalue weighted by Gasteiger charge is 2.28. The molecule has 0 saturated carbocycles. The first-order chi connectivity index (χ1) is 12.3. The number of ether oxygens (including phenoxy) is 2. The standard InChI is InChI=1S/C18H21N3O4.2ClH/c1-19-13-4-6-21(7-5-13)18(22)16-17(25-11-20-16)12-2-3-14-15(10-12)24-9-8-23-14;;/h2-3,10-11,13,19H,4-9H2,1H3;2*1H. The molecular weight excluding hydrogens is 393 g/mol. The van der Waals surface area contributed by atoms with Crippen molar-refractivity contribution in [2.45, 2.75) is 18.9 Å². The Labute approximate surface area is 170 Å². The number of carbonyl (C=O) groups excluding carboxylic acids is 1. The molecule has 1 fully saturated rings. The number of rotatable bonds is 3. The van der Waals surface area contributed by atoms with E-state index in [1.165, 1.54) is 6.39 Å². The number of benzene rings is 1. The van der Waals surface area contributed by atoms with Crippen LogP contribution >= 0.6 is 24.8 Å². The van der Waals surface area contributed by atoms with Gasteiger partial charge in [-0.25, -0.2) is 4.98 Å². The lowest BCUT2D eigenvalue weighted by Crippen LogP contribution is -2.44. The first-order valence-electron chi connectivity index (χ1n) is 8.56. The van der Waals surface area contributed by atoms with E-state index in [4.69, 9.17) is 13.9 Å². The molecule has 2 aliphatic heterocycles. The van der Waals surface area contributed by atoms with Crippen LogP contribution in [0.15, 0.2) is 29.0 Å². The van der Waals surface area contributed by atoms with E-state index in [0.717, 1.165) is 31.5 Å². The smallest absolute Gasteiger partial charge is 0.276 e. The van der Waals surface area contributed by atoms with Crippen molar-refractivity contribution in [3.05, 3.63) is 30.3 Å². The second-order valence-corrected chi connectivity index (χ2v) is 6.24. The number of hydrogen-bond acceptors (Lipinski definition) is 6. The minimum Gasteiger partial charge on any atom is -0.486 e. The zero-order valence-corrected chi connectivity index (χ0v) is 16.6. The molecule has 0 radical (unpaired) electrons. The van der Waals surface area contributed by atoms with Gasteiger partial charge in [0.2, 0.25) is 0 Å². The molecule has 1 aromatic heterocycles. The molecule has 148 valence electrons. The number of amides is 1. The molecule has 9 heteroatoms. The minimum atomic E-state index is -0.0896. The Kier molecular flexibility index (Phi) is 7.35. The van der Waals surface area contributed by atoms with Gasteiger partial charge in [-0.3, -0.25) is 4.79 Å². The van der Waals surface area contributed by atoms with E-state index in [-0.39, 0.29) is 30.7 Å². The van der Waals surface area contributed by atoms with Crippen molar-refractivity contribution in [1.82, 2.24) is 15.2 Å². The lowest BCUT2D eigenvalue weighted by molar-refractivity contribution is 0.0702. The molecule has 3 heterocycles. The van der Waals surface area contributed by atoms with E-state index in [1.807, 2.05) is 30.1 Å². The summed E-state index contributed by atoms with van der Waals surface area (Å²) >= 11 is 0. The van der Waals surface area contributed by atoms with Gasteiger partial charge >= 0.3 is 0 Å². The third-order valence-electron chi connectivity index (χ3n) is 4.76. The summed E-state index contributed by atoms with van der Waals surface area (Å²) in [6.07, 6.45) is 3.21. The zero-order valence-electron chi connectivity index (χ0n) is 15.0. The van der Waals surface area contributed by atoms with E-state index in [0.29, 0.717) is 42.2 Å². The number of likely N-dealkylation sites (tertiary alicyclic amines) is 1. The average Bonchev–Trinajstić information content (AvgIpc) is 3.17. The number of aromatic nitrogens is 1. The topological polar surface area (TPSA) is 76.8 Å². The maximum absolute atomic E-state index is 12.9. The Morgan fingerprint density at radius 2 is 1.85 bits per heavy atom. The average molecular weight is 416 g/mol. The molecule has 1 N–H and O–H groups in total. The molecule has 2 aromatic rings. The van der Waals surface area contributed by atoms with Crippen molar-refractivity contribution in [2.75, 3.05) is 33.4 Å². The predicted octanol–water partition coefficient (Wildman–Crippen LogP) is 2.78. The van der Waals surface area contributed by atoms with Gasteiger partial charge in [-0.1, -0.05) is 0 Å². The second-order valence-electron chi connectivity index (χ2n) is 6.24. The van der Waals surface area contributed by atoms with Crippen LogP contribution in [0.2, 0.25) is 0 Å². The highest BCUT2D eigenvalue weighted by Crippen LogP contribution is 2.35. The molecule has 7 nitrogen and oxygen atoms in total. The van der Waals surface area contributed by atoms with Gasteiger partial charge in [-0.2, -0.15) is 0 Å². The second kappa shape index (κ2) is 9.30. The van der Waals surface area contributed by atoms with Gasteiger partial charge in [-0.15, -0.1) is 24.8 Å². The van der Waals surface area contributed by atoms with Gasteiger partial charge in [0.05, 0.1) is 0 Å². The first kappa shape index (κ1) is 21.3. The van der Waals surface area contributed by atoms with E-state index in [9.17, 15) is 4.79 Å². The molecule has 0 bridgehead atoms. The molecule has 0 atom stereocenters. The Balaban J connectivity index is 0.00000131. The summed E-state index contributed by atoms with van der Waals surface area (Å²) in [5.74, 6) is 1.75. The summed E-state index contributed by atoms with van der Waals surface area (Å²) in [5, 5.41) is 3.27. The monoisotopic (exact) mass is 415 g/mol. The van der Waals surface area contributed by atoms with Crippen LogP contribution in [-0.2, 0) is 0 Å². The number of piperidine rings is 1. The number of nitrogens with one attached hydrogen (secondary N) is 1. The van der Waals surface area contributed by atoms with Crippen molar-refractivity contribution in [1.29, 1.82) is 0 Å². The van der Waals surface area contributed by atoms with E-state index >= 15 is 0 Å². The van der Waals surface area contributed by atoms with Gasteiger partial charge in [0.25, 0.3) is 5.91 Å². The van der Waals surface area contributed by atoms with Gasteiger partial charge in [0, 0.05) is 24.7 Å². The predicted molar refractivity (Wildman–Crippen MR) is 105 cm³/mol. The number of halogens is 2. The van der Waals surface area contributed by atoms with Crippen LogP contribution in [0.1, 0.15) is 23.3 Å². The minimum absolute atomic E-state index is 0. The molecule has 4 rings (SSSR count). The number of carbonyl (C=O) groups is 1. The van der Waals surface area contributed by atoms with Crippen LogP contribution in [0.5, 0.6) is 11.5 Å². The Bertz CT molecular complexity index is 776. The Hall–Kier alpha value is -1.96. The van der Waals surface area contributed by atoms with Crippen molar-refractivity contribution >= 4 is 30.7 Å². The largest absolute Gasteiger partial charge is 0.486 e.